The number of piperidine rings is 1. The Bertz CT molecular complexity index is 959. The van der Waals surface area contributed by atoms with Gasteiger partial charge < -0.3 is 20.9 Å². The van der Waals surface area contributed by atoms with Crippen LogP contribution in [0.15, 0.2) is 67.3 Å². The van der Waals surface area contributed by atoms with Crippen LogP contribution in [0.2, 0.25) is 5.02 Å². The predicted molar refractivity (Wildman–Crippen MR) is 126 cm³/mol. The molecule has 3 N–H and O–H groups in total. The summed E-state index contributed by atoms with van der Waals surface area (Å²) in [6.07, 6.45) is 2.77. The van der Waals surface area contributed by atoms with Crippen molar-refractivity contribution in [2.24, 2.45) is 5.92 Å². The zero-order valence-corrected chi connectivity index (χ0v) is 18.5. The van der Waals surface area contributed by atoms with Crippen LogP contribution in [-0.2, 0) is 4.79 Å². The molecule has 0 radical (unpaired) electrons. The fourth-order valence-electron chi connectivity index (χ4n) is 3.70. The Hall–Kier alpha value is -3.32. The summed E-state index contributed by atoms with van der Waals surface area (Å²) in [4.78, 5) is 39.8. The van der Waals surface area contributed by atoms with E-state index in [9.17, 15) is 14.4 Å². The van der Waals surface area contributed by atoms with E-state index in [0.29, 0.717) is 48.7 Å². The Balaban J connectivity index is 1.62. The molecule has 7 nitrogen and oxygen atoms in total. The van der Waals surface area contributed by atoms with Gasteiger partial charge in [0.1, 0.15) is 6.04 Å². The number of benzene rings is 2. The van der Waals surface area contributed by atoms with E-state index in [1.54, 1.807) is 59.5 Å². The standard InChI is InChI=1S/C24H27ClN4O3/c1-2-13-26-23(31)21(28-22(30)18-7-4-3-5-8-18)17-11-14-29(15-12-17)24(32)27-20-10-6-9-19(25)16-20/h2-10,16-17,21H,1,11-15H2,(H,26,31)(H,27,32)(H,28,30). The van der Waals surface area contributed by atoms with Crippen molar-refractivity contribution in [1.82, 2.24) is 15.5 Å². The van der Waals surface area contributed by atoms with Gasteiger partial charge in [-0.05, 0) is 49.1 Å². The number of carbonyl (C=O) groups is 3. The molecule has 1 aliphatic heterocycles. The molecule has 1 atom stereocenters. The third kappa shape index (κ3) is 6.34. The Morgan fingerprint density at radius 2 is 1.81 bits per heavy atom. The van der Waals surface area contributed by atoms with E-state index < -0.39 is 6.04 Å². The number of halogens is 1. The molecule has 8 heteroatoms. The lowest BCUT2D eigenvalue weighted by Crippen LogP contribution is -2.54. The number of amides is 4. The molecule has 0 spiro atoms. The lowest BCUT2D eigenvalue weighted by Gasteiger charge is -2.35. The number of hydrogen-bond acceptors (Lipinski definition) is 3. The summed E-state index contributed by atoms with van der Waals surface area (Å²) in [7, 11) is 0. The average molecular weight is 455 g/mol. The second kappa shape index (κ2) is 11.3. The van der Waals surface area contributed by atoms with E-state index in [2.05, 4.69) is 22.5 Å². The maximum atomic E-state index is 12.8. The number of hydrogen-bond donors (Lipinski definition) is 3. The first-order valence-electron chi connectivity index (χ1n) is 10.5. The molecule has 1 aliphatic rings. The number of anilines is 1. The van der Waals surface area contributed by atoms with Gasteiger partial charge in [-0.25, -0.2) is 4.79 Å². The maximum Gasteiger partial charge on any atom is 0.321 e. The molecule has 0 aromatic heterocycles. The minimum absolute atomic E-state index is 0.0947. The summed E-state index contributed by atoms with van der Waals surface area (Å²) in [6.45, 7) is 4.89. The fraction of sp³-hybridized carbons (Fsp3) is 0.292. The lowest BCUT2D eigenvalue weighted by atomic mass is 9.88. The van der Waals surface area contributed by atoms with E-state index >= 15 is 0 Å². The third-order valence-corrected chi connectivity index (χ3v) is 5.63. The number of nitrogens with zero attached hydrogens (tertiary/aromatic N) is 1. The van der Waals surface area contributed by atoms with Gasteiger partial charge in [0.05, 0.1) is 0 Å². The van der Waals surface area contributed by atoms with Crippen LogP contribution >= 0.6 is 11.6 Å². The largest absolute Gasteiger partial charge is 0.351 e. The minimum atomic E-state index is -0.694. The fourth-order valence-corrected chi connectivity index (χ4v) is 3.89. The van der Waals surface area contributed by atoms with Crippen molar-refractivity contribution in [2.75, 3.05) is 25.0 Å². The van der Waals surface area contributed by atoms with Gasteiger partial charge in [-0.2, -0.15) is 0 Å². The Labute approximate surface area is 192 Å². The highest BCUT2D eigenvalue weighted by molar-refractivity contribution is 6.30. The number of urea groups is 1. The minimum Gasteiger partial charge on any atom is -0.351 e. The summed E-state index contributed by atoms with van der Waals surface area (Å²) in [5.41, 5.74) is 1.12. The molecule has 0 bridgehead atoms. The highest BCUT2D eigenvalue weighted by Crippen LogP contribution is 2.23. The zero-order valence-electron chi connectivity index (χ0n) is 17.7. The molecule has 1 saturated heterocycles. The quantitative estimate of drug-likeness (QED) is 0.557. The van der Waals surface area contributed by atoms with Gasteiger partial charge in [-0.1, -0.05) is 41.9 Å². The molecule has 32 heavy (non-hydrogen) atoms. The Kier molecular flexibility index (Phi) is 8.27. The van der Waals surface area contributed by atoms with Gasteiger partial charge in [0, 0.05) is 35.9 Å². The monoisotopic (exact) mass is 454 g/mol. The van der Waals surface area contributed by atoms with Crippen LogP contribution in [0.1, 0.15) is 23.2 Å². The van der Waals surface area contributed by atoms with Gasteiger partial charge in [0.15, 0.2) is 0 Å². The van der Waals surface area contributed by atoms with Crippen LogP contribution < -0.4 is 16.0 Å². The first-order chi connectivity index (χ1) is 15.5. The molecule has 1 unspecified atom stereocenters. The zero-order chi connectivity index (χ0) is 22.9. The van der Waals surface area contributed by atoms with Crippen LogP contribution in [-0.4, -0.2) is 48.4 Å². The first kappa shape index (κ1) is 23.3. The van der Waals surface area contributed by atoms with Gasteiger partial charge in [0.2, 0.25) is 5.91 Å². The maximum absolute atomic E-state index is 12.8. The second-order valence-corrected chi connectivity index (χ2v) is 8.05. The Morgan fingerprint density at radius 3 is 2.47 bits per heavy atom. The summed E-state index contributed by atoms with van der Waals surface area (Å²) in [5.74, 6) is -0.649. The SMILES string of the molecule is C=CCNC(=O)C(NC(=O)c1ccccc1)C1CCN(C(=O)Nc2cccc(Cl)c2)CC1. The molecule has 2 aromatic rings. The summed E-state index contributed by atoms with van der Waals surface area (Å²) >= 11 is 5.98. The van der Waals surface area contributed by atoms with Crippen molar-refractivity contribution in [3.63, 3.8) is 0 Å². The number of likely N-dealkylation sites (tertiary alicyclic amines) is 1. The summed E-state index contributed by atoms with van der Waals surface area (Å²) in [5, 5.41) is 9.05. The highest BCUT2D eigenvalue weighted by Gasteiger charge is 2.33. The van der Waals surface area contributed by atoms with Crippen molar-refractivity contribution in [2.45, 2.75) is 18.9 Å². The van der Waals surface area contributed by atoms with Crippen molar-refractivity contribution in [3.05, 3.63) is 77.8 Å². The molecule has 3 rings (SSSR count). The van der Waals surface area contributed by atoms with E-state index in [1.807, 2.05) is 6.07 Å². The smallest absolute Gasteiger partial charge is 0.321 e. The second-order valence-electron chi connectivity index (χ2n) is 7.62. The molecular formula is C24H27ClN4O3. The molecular weight excluding hydrogens is 428 g/mol. The molecule has 0 saturated carbocycles. The van der Waals surface area contributed by atoms with E-state index in [0.717, 1.165) is 0 Å². The number of rotatable bonds is 7. The van der Waals surface area contributed by atoms with Crippen LogP contribution in [0.25, 0.3) is 0 Å². The van der Waals surface area contributed by atoms with Crippen molar-refractivity contribution >= 4 is 35.1 Å². The lowest BCUT2D eigenvalue weighted by molar-refractivity contribution is -0.124. The van der Waals surface area contributed by atoms with Crippen molar-refractivity contribution in [3.8, 4) is 0 Å². The average Bonchev–Trinajstić information content (AvgIpc) is 2.81. The molecule has 2 aromatic carbocycles. The van der Waals surface area contributed by atoms with E-state index in [-0.39, 0.29) is 23.8 Å². The van der Waals surface area contributed by atoms with Gasteiger partial charge in [-0.15, -0.1) is 6.58 Å². The van der Waals surface area contributed by atoms with Crippen molar-refractivity contribution in [1.29, 1.82) is 0 Å². The summed E-state index contributed by atoms with van der Waals surface area (Å²) in [6, 6.07) is 14.9. The molecule has 0 aliphatic carbocycles. The normalized spacial score (nSPS) is 14.8. The van der Waals surface area contributed by atoms with Gasteiger partial charge >= 0.3 is 6.03 Å². The van der Waals surface area contributed by atoms with Crippen LogP contribution in [0, 0.1) is 5.92 Å². The number of nitrogens with one attached hydrogen (secondary N) is 3. The molecule has 1 fully saturated rings. The van der Waals surface area contributed by atoms with Gasteiger partial charge in [0.25, 0.3) is 5.91 Å². The van der Waals surface area contributed by atoms with Crippen LogP contribution in [0.4, 0.5) is 10.5 Å². The van der Waals surface area contributed by atoms with Crippen molar-refractivity contribution < 1.29 is 14.4 Å². The predicted octanol–water partition coefficient (Wildman–Crippen LogP) is 3.68. The Morgan fingerprint density at radius 1 is 1.09 bits per heavy atom. The summed E-state index contributed by atoms with van der Waals surface area (Å²) < 4.78 is 0. The van der Waals surface area contributed by atoms with E-state index in [1.165, 1.54) is 0 Å². The first-order valence-corrected chi connectivity index (χ1v) is 10.9. The van der Waals surface area contributed by atoms with E-state index in [4.69, 9.17) is 11.6 Å². The molecule has 168 valence electrons. The molecule has 1 heterocycles. The highest BCUT2D eigenvalue weighted by atomic mass is 35.5. The van der Waals surface area contributed by atoms with Crippen LogP contribution in [0.3, 0.4) is 0 Å². The van der Waals surface area contributed by atoms with Gasteiger partial charge in [-0.3, -0.25) is 9.59 Å². The third-order valence-electron chi connectivity index (χ3n) is 5.40. The van der Waals surface area contributed by atoms with Crippen LogP contribution in [0.5, 0.6) is 0 Å². The topological polar surface area (TPSA) is 90.5 Å². The number of carbonyl (C=O) groups excluding carboxylic acids is 3. The molecule has 4 amide bonds.